The lowest BCUT2D eigenvalue weighted by Gasteiger charge is -2.11. The maximum Gasteiger partial charge on any atom is 0.263 e. The van der Waals surface area contributed by atoms with Crippen LogP contribution in [0.5, 0.6) is 0 Å². The van der Waals surface area contributed by atoms with Gasteiger partial charge in [-0.25, -0.2) is 8.42 Å². The van der Waals surface area contributed by atoms with E-state index in [2.05, 4.69) is 41.9 Å². The summed E-state index contributed by atoms with van der Waals surface area (Å²) in [7, 11) is -3.76. The van der Waals surface area contributed by atoms with Crippen LogP contribution in [0, 0.1) is 5.92 Å². The molecule has 0 spiro atoms. The molecule has 3 rings (SSSR count). The monoisotopic (exact) mass is 472 g/mol. The Kier molecular flexibility index (Phi) is 4.98. The lowest BCUT2D eigenvalue weighted by atomic mass is 10.2. The fourth-order valence-corrected chi connectivity index (χ4v) is 4.70. The molecule has 0 aliphatic heterocycles. The largest absolute Gasteiger partial charge is 0.326 e. The minimum absolute atomic E-state index is 0.0234. The second-order valence-electron chi connectivity index (χ2n) is 5.52. The van der Waals surface area contributed by atoms with Gasteiger partial charge in [-0.15, -0.1) is 0 Å². The summed E-state index contributed by atoms with van der Waals surface area (Å²) in [6.45, 7) is 0. The molecule has 0 aromatic heterocycles. The summed E-state index contributed by atoms with van der Waals surface area (Å²) in [4.78, 5) is 11.9. The van der Waals surface area contributed by atoms with Gasteiger partial charge in [0.2, 0.25) is 5.91 Å². The zero-order valence-corrected chi connectivity index (χ0v) is 16.4. The van der Waals surface area contributed by atoms with E-state index in [1.54, 1.807) is 36.4 Å². The zero-order chi connectivity index (χ0) is 17.3. The summed E-state index contributed by atoms with van der Waals surface area (Å²) < 4.78 is 28.8. The summed E-state index contributed by atoms with van der Waals surface area (Å²) in [6.07, 6.45) is 1.82. The molecular weight excluding hydrogens is 460 g/mol. The molecule has 0 atom stereocenters. The molecule has 0 saturated heterocycles. The second-order valence-corrected chi connectivity index (χ2v) is 8.95. The fraction of sp³-hybridized carbons (Fsp3) is 0.188. The molecule has 0 heterocycles. The summed E-state index contributed by atoms with van der Waals surface area (Å²) >= 11 is 6.52. The average molecular weight is 474 g/mol. The van der Waals surface area contributed by atoms with E-state index in [-0.39, 0.29) is 16.7 Å². The van der Waals surface area contributed by atoms with E-state index in [9.17, 15) is 13.2 Å². The number of sulfonamides is 1. The Balaban J connectivity index is 1.82. The van der Waals surface area contributed by atoms with Crippen LogP contribution in [0.2, 0.25) is 0 Å². The molecule has 0 unspecified atom stereocenters. The normalized spacial score (nSPS) is 14.2. The van der Waals surface area contributed by atoms with Crippen molar-refractivity contribution in [2.45, 2.75) is 17.7 Å². The lowest BCUT2D eigenvalue weighted by molar-refractivity contribution is -0.117. The van der Waals surface area contributed by atoms with Crippen molar-refractivity contribution in [3.63, 3.8) is 0 Å². The molecule has 0 bridgehead atoms. The van der Waals surface area contributed by atoms with Gasteiger partial charge in [-0.3, -0.25) is 9.52 Å². The fourth-order valence-electron chi connectivity index (χ4n) is 2.14. The topological polar surface area (TPSA) is 75.3 Å². The first-order chi connectivity index (χ1) is 11.3. The molecular formula is C16H14Br2N2O3S. The molecule has 2 aromatic rings. The standard InChI is InChI=1S/C16H14Br2N2O3S/c17-11-6-7-14(18)15(8-11)24(22,23)20-13-3-1-2-12(9-13)19-16(21)10-4-5-10/h1-3,6-10,20H,4-5H2,(H,19,21). The van der Waals surface area contributed by atoms with Crippen molar-refractivity contribution < 1.29 is 13.2 Å². The highest BCUT2D eigenvalue weighted by molar-refractivity contribution is 9.11. The quantitative estimate of drug-likeness (QED) is 0.677. The number of rotatable bonds is 5. The Bertz CT molecular complexity index is 896. The molecule has 1 fully saturated rings. The number of halogens is 2. The first-order valence-corrected chi connectivity index (χ1v) is 10.3. The minimum Gasteiger partial charge on any atom is -0.326 e. The SMILES string of the molecule is O=C(Nc1cccc(NS(=O)(=O)c2cc(Br)ccc2Br)c1)C1CC1. The van der Waals surface area contributed by atoms with Crippen LogP contribution in [-0.4, -0.2) is 14.3 Å². The van der Waals surface area contributed by atoms with Crippen LogP contribution < -0.4 is 10.0 Å². The highest BCUT2D eigenvalue weighted by Gasteiger charge is 2.29. The molecule has 126 valence electrons. The van der Waals surface area contributed by atoms with Crippen LogP contribution in [0.1, 0.15) is 12.8 Å². The Morgan fingerprint density at radius 2 is 1.75 bits per heavy atom. The van der Waals surface area contributed by atoms with E-state index in [1.165, 1.54) is 6.07 Å². The molecule has 24 heavy (non-hydrogen) atoms. The van der Waals surface area contributed by atoms with Gasteiger partial charge in [0.1, 0.15) is 4.90 Å². The highest BCUT2D eigenvalue weighted by atomic mass is 79.9. The van der Waals surface area contributed by atoms with E-state index >= 15 is 0 Å². The second kappa shape index (κ2) is 6.85. The Morgan fingerprint density at radius 1 is 1.04 bits per heavy atom. The van der Waals surface area contributed by atoms with Gasteiger partial charge in [0.15, 0.2) is 0 Å². The Hall–Kier alpha value is -1.38. The summed E-state index contributed by atoms with van der Waals surface area (Å²) in [5.41, 5.74) is 0.955. The molecule has 1 saturated carbocycles. The van der Waals surface area contributed by atoms with Crippen molar-refractivity contribution in [1.29, 1.82) is 0 Å². The highest BCUT2D eigenvalue weighted by Crippen LogP contribution is 2.31. The average Bonchev–Trinajstić information content (AvgIpc) is 3.34. The third-order valence-electron chi connectivity index (χ3n) is 3.51. The van der Waals surface area contributed by atoms with Gasteiger partial charge in [0, 0.05) is 20.6 Å². The van der Waals surface area contributed by atoms with E-state index in [1.807, 2.05) is 0 Å². The molecule has 1 amide bonds. The van der Waals surface area contributed by atoms with Crippen LogP contribution in [0.15, 0.2) is 56.3 Å². The molecule has 0 radical (unpaired) electrons. The van der Waals surface area contributed by atoms with Gasteiger partial charge in [0.25, 0.3) is 10.0 Å². The predicted molar refractivity (Wildman–Crippen MR) is 100 cm³/mol. The number of benzene rings is 2. The number of amides is 1. The minimum atomic E-state index is -3.76. The maximum atomic E-state index is 12.6. The Labute approximate surface area is 157 Å². The van der Waals surface area contributed by atoms with Crippen molar-refractivity contribution >= 4 is 59.2 Å². The van der Waals surface area contributed by atoms with Gasteiger partial charge < -0.3 is 5.32 Å². The van der Waals surface area contributed by atoms with Gasteiger partial charge in [-0.05, 0) is 65.2 Å². The molecule has 5 nitrogen and oxygen atoms in total. The smallest absolute Gasteiger partial charge is 0.263 e. The van der Waals surface area contributed by atoms with Gasteiger partial charge in [-0.1, -0.05) is 22.0 Å². The predicted octanol–water partition coefficient (Wildman–Crippen LogP) is 4.36. The van der Waals surface area contributed by atoms with Crippen molar-refractivity contribution in [1.82, 2.24) is 0 Å². The number of nitrogens with one attached hydrogen (secondary N) is 2. The van der Waals surface area contributed by atoms with Crippen LogP contribution in [0.3, 0.4) is 0 Å². The maximum absolute atomic E-state index is 12.6. The van der Waals surface area contributed by atoms with Crippen LogP contribution in [0.25, 0.3) is 0 Å². The third kappa shape index (κ3) is 4.17. The third-order valence-corrected chi connectivity index (χ3v) is 6.38. The number of carbonyl (C=O) groups is 1. The van der Waals surface area contributed by atoms with E-state index in [4.69, 9.17) is 0 Å². The van der Waals surface area contributed by atoms with Crippen LogP contribution in [0.4, 0.5) is 11.4 Å². The van der Waals surface area contributed by atoms with Gasteiger partial charge in [0.05, 0.1) is 5.69 Å². The molecule has 2 aromatic carbocycles. The molecule has 2 N–H and O–H groups in total. The first kappa shape index (κ1) is 17.4. The number of hydrogen-bond donors (Lipinski definition) is 2. The zero-order valence-electron chi connectivity index (χ0n) is 12.4. The molecule has 1 aliphatic rings. The summed E-state index contributed by atoms with van der Waals surface area (Å²) in [6, 6.07) is 11.6. The van der Waals surface area contributed by atoms with Gasteiger partial charge >= 0.3 is 0 Å². The number of anilines is 2. The lowest BCUT2D eigenvalue weighted by Crippen LogP contribution is -2.15. The van der Waals surface area contributed by atoms with Crippen molar-refractivity contribution in [3.05, 3.63) is 51.4 Å². The molecule has 1 aliphatic carbocycles. The van der Waals surface area contributed by atoms with Crippen LogP contribution in [-0.2, 0) is 14.8 Å². The van der Waals surface area contributed by atoms with E-state index in [0.29, 0.717) is 20.3 Å². The van der Waals surface area contributed by atoms with Crippen molar-refractivity contribution in [2.75, 3.05) is 10.0 Å². The summed E-state index contributed by atoms with van der Waals surface area (Å²) in [5.74, 6) is 0.0627. The molecule has 8 heteroatoms. The van der Waals surface area contributed by atoms with Crippen molar-refractivity contribution in [3.8, 4) is 0 Å². The van der Waals surface area contributed by atoms with E-state index < -0.39 is 10.0 Å². The number of carbonyl (C=O) groups excluding carboxylic acids is 1. The van der Waals surface area contributed by atoms with Crippen LogP contribution >= 0.6 is 31.9 Å². The van der Waals surface area contributed by atoms with E-state index in [0.717, 1.165) is 12.8 Å². The van der Waals surface area contributed by atoms with Gasteiger partial charge in [-0.2, -0.15) is 0 Å². The number of hydrogen-bond acceptors (Lipinski definition) is 3. The first-order valence-electron chi connectivity index (χ1n) is 7.24. The van der Waals surface area contributed by atoms with Crippen molar-refractivity contribution in [2.24, 2.45) is 5.92 Å². The summed E-state index contributed by atoms with van der Waals surface area (Å²) in [5, 5.41) is 2.80. The Morgan fingerprint density at radius 3 is 2.46 bits per heavy atom.